The Morgan fingerprint density at radius 1 is 1.21 bits per heavy atom. The Kier molecular flexibility index (Phi) is 5.10. The summed E-state index contributed by atoms with van der Waals surface area (Å²) in [7, 11) is -3.30. The van der Waals surface area contributed by atoms with Crippen molar-refractivity contribution in [3.63, 3.8) is 0 Å². The number of nitrogens with zero attached hydrogens (tertiary/aromatic N) is 2. The minimum absolute atomic E-state index is 0.217. The standard InChI is InChI=1S/C21H21N3O4S/c1-29(26,27)24-12-9-16-14-17(7-8-18(16)24)21(25)23-11-13-28-19-6-2-4-15-5-3-10-22-20(15)19/h2-8,10,14H,9,11-13H2,1H3,(H,23,25). The second-order valence-corrected chi connectivity index (χ2v) is 8.77. The van der Waals surface area contributed by atoms with Gasteiger partial charge in [-0.2, -0.15) is 0 Å². The first-order chi connectivity index (χ1) is 13.9. The SMILES string of the molecule is CS(=O)(=O)N1CCc2cc(C(=O)NCCOc3cccc4cccnc34)ccc21. The van der Waals surface area contributed by atoms with E-state index in [0.29, 0.717) is 43.1 Å². The summed E-state index contributed by atoms with van der Waals surface area (Å²) in [5, 5.41) is 3.83. The van der Waals surface area contributed by atoms with E-state index in [1.54, 1.807) is 24.4 Å². The molecule has 0 spiro atoms. The Labute approximate surface area is 169 Å². The molecule has 0 bridgehead atoms. The van der Waals surface area contributed by atoms with Crippen LogP contribution in [-0.2, 0) is 16.4 Å². The van der Waals surface area contributed by atoms with Gasteiger partial charge in [0, 0.05) is 23.7 Å². The maximum absolute atomic E-state index is 12.4. The van der Waals surface area contributed by atoms with Crippen LogP contribution in [0, 0.1) is 0 Å². The van der Waals surface area contributed by atoms with E-state index in [1.807, 2.05) is 30.3 Å². The molecule has 0 fully saturated rings. The summed E-state index contributed by atoms with van der Waals surface area (Å²) >= 11 is 0. The van der Waals surface area contributed by atoms with E-state index in [2.05, 4.69) is 10.3 Å². The molecule has 4 rings (SSSR count). The molecule has 1 amide bonds. The van der Waals surface area contributed by atoms with Gasteiger partial charge in [0.2, 0.25) is 10.0 Å². The predicted molar refractivity (Wildman–Crippen MR) is 112 cm³/mol. The smallest absolute Gasteiger partial charge is 0.251 e. The fourth-order valence-electron chi connectivity index (χ4n) is 3.48. The molecule has 29 heavy (non-hydrogen) atoms. The average molecular weight is 411 g/mol. The highest BCUT2D eigenvalue weighted by molar-refractivity contribution is 7.92. The summed E-state index contributed by atoms with van der Waals surface area (Å²) in [5.74, 6) is 0.459. The summed E-state index contributed by atoms with van der Waals surface area (Å²) in [4.78, 5) is 16.8. The van der Waals surface area contributed by atoms with E-state index in [1.165, 1.54) is 10.6 Å². The number of nitrogens with one attached hydrogen (secondary N) is 1. The van der Waals surface area contributed by atoms with Crippen LogP contribution in [0.3, 0.4) is 0 Å². The highest BCUT2D eigenvalue weighted by atomic mass is 32.2. The van der Waals surface area contributed by atoms with E-state index in [4.69, 9.17) is 4.74 Å². The van der Waals surface area contributed by atoms with Gasteiger partial charge >= 0.3 is 0 Å². The maximum Gasteiger partial charge on any atom is 0.251 e. The van der Waals surface area contributed by atoms with E-state index in [9.17, 15) is 13.2 Å². The summed E-state index contributed by atoms with van der Waals surface area (Å²) in [6.45, 7) is 1.06. The number of pyridine rings is 1. The summed E-state index contributed by atoms with van der Waals surface area (Å²) in [6, 6.07) is 14.7. The zero-order chi connectivity index (χ0) is 20.4. The third-order valence-electron chi connectivity index (χ3n) is 4.84. The monoisotopic (exact) mass is 411 g/mol. The first kappa shape index (κ1) is 19.2. The summed E-state index contributed by atoms with van der Waals surface area (Å²) in [6.07, 6.45) is 3.50. The number of hydrogen-bond acceptors (Lipinski definition) is 5. The normalized spacial score (nSPS) is 13.3. The number of carbonyl (C=O) groups excluding carboxylic acids is 1. The molecule has 0 aliphatic carbocycles. The number of amides is 1. The number of benzene rings is 2. The van der Waals surface area contributed by atoms with E-state index >= 15 is 0 Å². The number of ether oxygens (including phenoxy) is 1. The second kappa shape index (κ2) is 7.71. The van der Waals surface area contributed by atoms with Gasteiger partial charge in [-0.3, -0.25) is 14.1 Å². The zero-order valence-electron chi connectivity index (χ0n) is 16.0. The van der Waals surface area contributed by atoms with Gasteiger partial charge in [0.15, 0.2) is 0 Å². The third-order valence-corrected chi connectivity index (χ3v) is 6.02. The Morgan fingerprint density at radius 2 is 2.03 bits per heavy atom. The van der Waals surface area contributed by atoms with Crippen LogP contribution in [-0.4, -0.2) is 45.3 Å². The van der Waals surface area contributed by atoms with Crippen molar-refractivity contribution >= 4 is 32.5 Å². The molecule has 2 heterocycles. The molecule has 7 nitrogen and oxygen atoms in total. The molecule has 1 aromatic heterocycles. The molecule has 0 saturated heterocycles. The number of aromatic nitrogens is 1. The lowest BCUT2D eigenvalue weighted by Crippen LogP contribution is -2.28. The van der Waals surface area contributed by atoms with Crippen molar-refractivity contribution in [3.8, 4) is 5.75 Å². The van der Waals surface area contributed by atoms with Crippen LogP contribution in [0.2, 0.25) is 0 Å². The number of fused-ring (bicyclic) bond motifs is 2. The Hall–Kier alpha value is -3.13. The summed E-state index contributed by atoms with van der Waals surface area (Å²) in [5.41, 5.74) is 2.80. The van der Waals surface area contributed by atoms with Crippen LogP contribution >= 0.6 is 0 Å². The van der Waals surface area contributed by atoms with Crippen molar-refractivity contribution in [3.05, 3.63) is 65.9 Å². The quantitative estimate of drug-likeness (QED) is 0.629. The van der Waals surface area contributed by atoms with E-state index in [-0.39, 0.29) is 5.91 Å². The summed E-state index contributed by atoms with van der Waals surface area (Å²) < 4.78 is 30.8. The Bertz CT molecular complexity index is 1170. The fourth-order valence-corrected chi connectivity index (χ4v) is 4.44. The molecular formula is C21H21N3O4S. The van der Waals surface area contributed by atoms with E-state index in [0.717, 1.165) is 16.5 Å². The number of rotatable bonds is 6. The first-order valence-corrected chi connectivity index (χ1v) is 11.1. The van der Waals surface area contributed by atoms with Crippen LogP contribution in [0.5, 0.6) is 5.75 Å². The molecule has 150 valence electrons. The van der Waals surface area contributed by atoms with Crippen molar-refractivity contribution < 1.29 is 17.9 Å². The highest BCUT2D eigenvalue weighted by Crippen LogP contribution is 2.30. The van der Waals surface area contributed by atoms with Crippen molar-refractivity contribution in [2.75, 3.05) is 30.3 Å². The number of anilines is 1. The molecule has 0 saturated carbocycles. The molecule has 1 aliphatic heterocycles. The molecule has 0 atom stereocenters. The second-order valence-electron chi connectivity index (χ2n) is 6.86. The lowest BCUT2D eigenvalue weighted by molar-refractivity contribution is 0.0947. The van der Waals surface area contributed by atoms with Gasteiger partial charge in [0.25, 0.3) is 5.91 Å². The van der Waals surface area contributed by atoms with Gasteiger partial charge in [0.1, 0.15) is 17.9 Å². The lowest BCUT2D eigenvalue weighted by Gasteiger charge is -2.16. The Balaban J connectivity index is 1.36. The average Bonchev–Trinajstić information content (AvgIpc) is 3.15. The third kappa shape index (κ3) is 4.02. The Morgan fingerprint density at radius 3 is 2.86 bits per heavy atom. The molecule has 3 aromatic rings. The van der Waals surface area contributed by atoms with Crippen molar-refractivity contribution in [2.45, 2.75) is 6.42 Å². The molecule has 0 radical (unpaired) electrons. The number of sulfonamides is 1. The van der Waals surface area contributed by atoms with Crippen LogP contribution in [0.25, 0.3) is 10.9 Å². The van der Waals surface area contributed by atoms with Crippen molar-refractivity contribution in [1.29, 1.82) is 0 Å². The van der Waals surface area contributed by atoms with Gasteiger partial charge < -0.3 is 10.1 Å². The van der Waals surface area contributed by atoms with Gasteiger partial charge in [-0.1, -0.05) is 18.2 Å². The molecule has 8 heteroatoms. The maximum atomic E-state index is 12.4. The van der Waals surface area contributed by atoms with Gasteiger partial charge in [-0.25, -0.2) is 8.42 Å². The van der Waals surface area contributed by atoms with E-state index < -0.39 is 10.0 Å². The zero-order valence-corrected chi connectivity index (χ0v) is 16.8. The van der Waals surface area contributed by atoms with Crippen LogP contribution in [0.4, 0.5) is 5.69 Å². The number of hydrogen-bond donors (Lipinski definition) is 1. The number of carbonyl (C=O) groups is 1. The number of para-hydroxylation sites is 1. The van der Waals surface area contributed by atoms with Gasteiger partial charge in [-0.05, 0) is 42.3 Å². The predicted octanol–water partition coefficient (Wildman–Crippen LogP) is 2.37. The van der Waals surface area contributed by atoms with Crippen molar-refractivity contribution in [2.24, 2.45) is 0 Å². The molecule has 2 aromatic carbocycles. The topological polar surface area (TPSA) is 88.6 Å². The molecule has 1 aliphatic rings. The van der Waals surface area contributed by atoms with Gasteiger partial charge in [-0.15, -0.1) is 0 Å². The lowest BCUT2D eigenvalue weighted by atomic mass is 10.1. The molecule has 0 unspecified atom stereocenters. The minimum Gasteiger partial charge on any atom is -0.489 e. The largest absolute Gasteiger partial charge is 0.489 e. The fraction of sp³-hybridized carbons (Fsp3) is 0.238. The molecule has 1 N–H and O–H groups in total. The van der Waals surface area contributed by atoms with Crippen LogP contribution in [0.15, 0.2) is 54.7 Å². The van der Waals surface area contributed by atoms with Crippen molar-refractivity contribution in [1.82, 2.24) is 10.3 Å². The first-order valence-electron chi connectivity index (χ1n) is 9.29. The van der Waals surface area contributed by atoms with Crippen LogP contribution < -0.4 is 14.4 Å². The van der Waals surface area contributed by atoms with Gasteiger partial charge in [0.05, 0.1) is 18.5 Å². The highest BCUT2D eigenvalue weighted by Gasteiger charge is 2.26. The van der Waals surface area contributed by atoms with Crippen LogP contribution in [0.1, 0.15) is 15.9 Å². The molecular weight excluding hydrogens is 390 g/mol. The minimum atomic E-state index is -3.30.